The van der Waals surface area contributed by atoms with Gasteiger partial charge in [-0.05, 0) is 37.3 Å². The topological polar surface area (TPSA) is 139 Å². The molecule has 0 saturated carbocycles. The quantitative estimate of drug-likeness (QED) is 0.392. The Bertz CT molecular complexity index is 1450. The molecule has 0 aliphatic carbocycles. The Kier molecular flexibility index (Phi) is 7.05. The summed E-state index contributed by atoms with van der Waals surface area (Å²) in [7, 11) is -4.35. The number of nitrogens with one attached hydrogen (secondary N) is 1. The Morgan fingerprint density at radius 1 is 1.06 bits per heavy atom. The van der Waals surface area contributed by atoms with Crippen molar-refractivity contribution in [3.05, 3.63) is 75.8 Å². The molecule has 0 spiro atoms. The summed E-state index contributed by atoms with van der Waals surface area (Å²) in [5.74, 6) is -3.20. The Balaban J connectivity index is 0.000000235. The van der Waals surface area contributed by atoms with Gasteiger partial charge < -0.3 is 5.11 Å². The molecule has 33 heavy (non-hydrogen) atoms. The number of anilines is 1. The molecule has 172 valence electrons. The van der Waals surface area contributed by atoms with Gasteiger partial charge in [-0.15, -0.1) is 5.10 Å². The van der Waals surface area contributed by atoms with E-state index < -0.39 is 38.5 Å². The number of benzene rings is 1. The maximum Gasteiger partial charge on any atom is 0.356 e. The highest BCUT2D eigenvalue weighted by Gasteiger charge is 2.24. The summed E-state index contributed by atoms with van der Waals surface area (Å²) in [4.78, 5) is 21.6. The lowest BCUT2D eigenvalue weighted by Crippen LogP contribution is -2.16. The molecule has 0 saturated heterocycles. The van der Waals surface area contributed by atoms with Gasteiger partial charge in [-0.2, -0.15) is 13.4 Å². The molecule has 4 rings (SSSR count). The number of fused-ring (bicyclic) bond motifs is 1. The molecular weight excluding hydrogens is 505 g/mol. The molecule has 3 aromatic heterocycles. The monoisotopic (exact) mass is 516 g/mol. The van der Waals surface area contributed by atoms with Crippen molar-refractivity contribution in [2.24, 2.45) is 0 Å². The minimum atomic E-state index is -4.35. The molecule has 0 fully saturated rings. The van der Waals surface area contributed by atoms with Gasteiger partial charge in [-0.25, -0.2) is 28.1 Å². The minimum Gasteiger partial charge on any atom is -0.476 e. The van der Waals surface area contributed by atoms with Crippen molar-refractivity contribution < 1.29 is 27.1 Å². The van der Waals surface area contributed by atoms with Crippen molar-refractivity contribution >= 4 is 50.7 Å². The van der Waals surface area contributed by atoms with Crippen LogP contribution in [0.5, 0.6) is 0 Å². The highest BCUT2D eigenvalue weighted by atomic mass is 35.5. The van der Waals surface area contributed by atoms with Crippen LogP contribution in [0, 0.1) is 18.6 Å². The zero-order valence-electron chi connectivity index (χ0n) is 16.4. The summed E-state index contributed by atoms with van der Waals surface area (Å²) in [6.45, 7) is 1.70. The van der Waals surface area contributed by atoms with E-state index in [1.165, 1.54) is 18.3 Å². The fourth-order valence-corrected chi connectivity index (χ4v) is 3.59. The molecule has 0 aliphatic heterocycles. The molecule has 0 radical (unpaired) electrons. The van der Waals surface area contributed by atoms with E-state index in [1.807, 2.05) is 0 Å². The number of aromatic carboxylic acids is 1. The van der Waals surface area contributed by atoms with Gasteiger partial charge in [0.2, 0.25) is 0 Å². The Morgan fingerprint density at radius 3 is 2.33 bits per heavy atom. The number of hydrogen-bond acceptors (Lipinski definition) is 7. The molecule has 10 nitrogen and oxygen atoms in total. The predicted octanol–water partition coefficient (Wildman–Crippen LogP) is 3.60. The Labute approximate surface area is 194 Å². The Hall–Kier alpha value is -3.42. The number of rotatable bonds is 4. The van der Waals surface area contributed by atoms with Gasteiger partial charge in [-0.1, -0.05) is 29.3 Å². The smallest absolute Gasteiger partial charge is 0.356 e. The summed E-state index contributed by atoms with van der Waals surface area (Å²) < 4.78 is 54.3. The van der Waals surface area contributed by atoms with Crippen LogP contribution in [-0.2, 0) is 10.0 Å². The maximum absolute atomic E-state index is 13.5. The second kappa shape index (κ2) is 9.60. The molecule has 0 aliphatic rings. The van der Waals surface area contributed by atoms with Crippen molar-refractivity contribution in [1.82, 2.24) is 24.6 Å². The number of sulfonamides is 1. The molecule has 0 bridgehead atoms. The van der Waals surface area contributed by atoms with E-state index in [4.69, 9.17) is 28.3 Å². The number of aromatic nitrogens is 5. The van der Waals surface area contributed by atoms with Gasteiger partial charge >= 0.3 is 5.97 Å². The fraction of sp³-hybridized carbons (Fsp3) is 0.0556. The second-order valence-electron chi connectivity index (χ2n) is 6.18. The predicted molar refractivity (Wildman–Crippen MR) is 114 cm³/mol. The molecule has 0 unspecified atom stereocenters. The SMILES string of the molecule is Cc1ccn2nc(S(=O)(=O)Nc3c(F)cccc3F)nc2n1.O=C(O)c1nc(Cl)ccc1Cl. The zero-order chi connectivity index (χ0) is 24.3. The number of carboxylic acid groups (broad SMARTS) is 1. The molecule has 2 N–H and O–H groups in total. The lowest BCUT2D eigenvalue weighted by Gasteiger charge is -2.06. The normalized spacial score (nSPS) is 11.1. The number of pyridine rings is 1. The van der Waals surface area contributed by atoms with Crippen LogP contribution in [0.1, 0.15) is 16.2 Å². The number of aryl methyl sites for hydroxylation is 1. The molecule has 0 atom stereocenters. The molecule has 4 aromatic rings. The van der Waals surface area contributed by atoms with Gasteiger partial charge in [0.1, 0.15) is 22.5 Å². The van der Waals surface area contributed by atoms with Crippen LogP contribution >= 0.6 is 23.2 Å². The molecule has 15 heteroatoms. The number of nitrogens with zero attached hydrogens (tertiary/aromatic N) is 5. The first kappa shape index (κ1) is 24.2. The van der Waals surface area contributed by atoms with E-state index in [2.05, 4.69) is 20.1 Å². The van der Waals surface area contributed by atoms with Crippen LogP contribution < -0.4 is 4.72 Å². The van der Waals surface area contributed by atoms with E-state index in [1.54, 1.807) is 17.7 Å². The number of para-hydroxylation sites is 1. The standard InChI is InChI=1S/C12H9F2N5O2S.C6H3Cl2NO2/c1-7-5-6-19-11(15-7)16-12(17-19)22(20,21)18-10-8(13)3-2-4-9(10)14;7-3-1-2-4(8)9-5(3)6(10)11/h2-6,18H,1H3;1-2H,(H,10,11). The largest absolute Gasteiger partial charge is 0.476 e. The fourth-order valence-electron chi connectivity index (χ4n) is 2.30. The lowest BCUT2D eigenvalue weighted by molar-refractivity contribution is 0.0690. The Morgan fingerprint density at radius 2 is 1.73 bits per heavy atom. The van der Waals surface area contributed by atoms with Crippen LogP contribution in [0.25, 0.3) is 5.78 Å². The minimum absolute atomic E-state index is 0.0642. The average molecular weight is 517 g/mol. The number of hydrogen-bond donors (Lipinski definition) is 2. The zero-order valence-corrected chi connectivity index (χ0v) is 18.7. The molecular formula is C18H12Cl2F2N6O4S. The summed E-state index contributed by atoms with van der Waals surface area (Å²) in [6.07, 6.45) is 1.48. The van der Waals surface area contributed by atoms with E-state index in [0.717, 1.165) is 22.7 Å². The first-order chi connectivity index (χ1) is 15.5. The van der Waals surface area contributed by atoms with E-state index in [9.17, 15) is 22.0 Å². The van der Waals surface area contributed by atoms with Crippen LogP contribution in [0.15, 0.2) is 47.8 Å². The highest BCUT2D eigenvalue weighted by molar-refractivity contribution is 7.92. The van der Waals surface area contributed by atoms with Crippen LogP contribution in [0.4, 0.5) is 14.5 Å². The van der Waals surface area contributed by atoms with Crippen LogP contribution in [-0.4, -0.2) is 44.1 Å². The van der Waals surface area contributed by atoms with E-state index in [-0.39, 0.29) is 21.6 Å². The van der Waals surface area contributed by atoms with Gasteiger partial charge in [0.25, 0.3) is 21.0 Å². The highest BCUT2D eigenvalue weighted by Crippen LogP contribution is 2.21. The molecule has 0 amide bonds. The second-order valence-corrected chi connectivity index (χ2v) is 8.55. The first-order valence-corrected chi connectivity index (χ1v) is 10.9. The summed E-state index contributed by atoms with van der Waals surface area (Å²) >= 11 is 10.9. The third kappa shape index (κ3) is 5.69. The van der Waals surface area contributed by atoms with Gasteiger partial charge in [0, 0.05) is 11.9 Å². The lowest BCUT2D eigenvalue weighted by atomic mass is 10.3. The van der Waals surface area contributed by atoms with E-state index >= 15 is 0 Å². The van der Waals surface area contributed by atoms with Crippen molar-refractivity contribution in [1.29, 1.82) is 0 Å². The van der Waals surface area contributed by atoms with Gasteiger partial charge in [0.15, 0.2) is 5.69 Å². The summed E-state index contributed by atoms with van der Waals surface area (Å²) in [5.41, 5.74) is -0.387. The summed E-state index contributed by atoms with van der Waals surface area (Å²) in [6, 6.07) is 7.42. The molecule has 3 heterocycles. The van der Waals surface area contributed by atoms with E-state index in [0.29, 0.717) is 5.69 Å². The van der Waals surface area contributed by atoms with Gasteiger partial charge in [-0.3, -0.25) is 4.72 Å². The average Bonchev–Trinajstić information content (AvgIpc) is 3.17. The van der Waals surface area contributed by atoms with Crippen molar-refractivity contribution in [2.45, 2.75) is 12.1 Å². The maximum atomic E-state index is 13.5. The van der Waals surface area contributed by atoms with Crippen LogP contribution in [0.2, 0.25) is 10.2 Å². The molecule has 1 aromatic carbocycles. The van der Waals surface area contributed by atoms with Crippen molar-refractivity contribution in [3.8, 4) is 0 Å². The summed E-state index contributed by atoms with van der Waals surface area (Å²) in [5, 5.41) is 11.8. The van der Waals surface area contributed by atoms with Crippen molar-refractivity contribution in [2.75, 3.05) is 4.72 Å². The first-order valence-electron chi connectivity index (χ1n) is 8.70. The van der Waals surface area contributed by atoms with Crippen molar-refractivity contribution in [3.63, 3.8) is 0 Å². The van der Waals surface area contributed by atoms with Gasteiger partial charge in [0.05, 0.1) is 5.02 Å². The third-order valence-corrected chi connectivity index (χ3v) is 5.42. The van der Waals surface area contributed by atoms with Crippen LogP contribution in [0.3, 0.4) is 0 Å². The number of carbonyl (C=O) groups is 1. The third-order valence-electron chi connectivity index (χ3n) is 3.78. The number of halogens is 4. The number of carboxylic acids is 1.